The van der Waals surface area contributed by atoms with Crippen molar-refractivity contribution in [2.24, 2.45) is 17.8 Å². The van der Waals surface area contributed by atoms with Gasteiger partial charge in [0, 0.05) is 25.0 Å². The van der Waals surface area contributed by atoms with Crippen molar-refractivity contribution in [3.63, 3.8) is 0 Å². The summed E-state index contributed by atoms with van der Waals surface area (Å²) in [5.41, 5.74) is 2.50. The number of amides is 1. The van der Waals surface area contributed by atoms with E-state index in [-0.39, 0.29) is 24.5 Å². The average molecular weight is 287 g/mol. The van der Waals surface area contributed by atoms with Gasteiger partial charge in [-0.2, -0.15) is 0 Å². The highest BCUT2D eigenvalue weighted by Gasteiger charge is 2.47. The second-order valence-corrected chi connectivity index (χ2v) is 6.70. The predicted octanol–water partition coefficient (Wildman–Crippen LogP) is 2.45. The van der Waals surface area contributed by atoms with Gasteiger partial charge in [0.1, 0.15) is 0 Å². The van der Waals surface area contributed by atoms with Gasteiger partial charge in [0.05, 0.1) is 0 Å². The molecule has 3 nitrogen and oxygen atoms in total. The smallest absolute Gasteiger partial charge is 0.220 e. The lowest BCUT2D eigenvalue weighted by Crippen LogP contribution is -2.45. The first kappa shape index (κ1) is 14.6. The number of aliphatic hydroxyl groups excluding tert-OH is 1. The first-order chi connectivity index (χ1) is 10.2. The Hall–Kier alpha value is -1.35. The van der Waals surface area contributed by atoms with E-state index in [1.54, 1.807) is 0 Å². The molecule has 4 unspecified atom stereocenters. The standard InChI is InChI=1S/C18H25NO2/c1-12-4-2-3-5-13(12)8-9-17(21)19-18-15-7-6-14(10-15)16(18)11-20/h2-5,14-16,18,20H,6-11H2,1H3,(H,19,21). The zero-order valence-electron chi connectivity index (χ0n) is 12.7. The number of carbonyl (C=O) groups is 1. The zero-order valence-corrected chi connectivity index (χ0v) is 12.7. The molecule has 1 aromatic carbocycles. The van der Waals surface area contributed by atoms with E-state index in [0.29, 0.717) is 18.3 Å². The van der Waals surface area contributed by atoms with Crippen LogP contribution in [0.15, 0.2) is 24.3 Å². The van der Waals surface area contributed by atoms with E-state index >= 15 is 0 Å². The molecule has 4 atom stereocenters. The number of aryl methyl sites for hydroxylation is 2. The molecular weight excluding hydrogens is 262 g/mol. The third-order valence-electron chi connectivity index (χ3n) is 5.51. The van der Waals surface area contributed by atoms with Crippen molar-refractivity contribution in [2.45, 2.75) is 45.1 Å². The SMILES string of the molecule is Cc1ccccc1CCC(=O)NC1C2CCC(C2)C1CO. The maximum absolute atomic E-state index is 12.2. The second kappa shape index (κ2) is 6.18. The Labute approximate surface area is 126 Å². The van der Waals surface area contributed by atoms with E-state index in [1.165, 1.54) is 30.4 Å². The molecule has 0 spiro atoms. The van der Waals surface area contributed by atoms with Crippen LogP contribution in [-0.2, 0) is 11.2 Å². The van der Waals surface area contributed by atoms with Crippen LogP contribution in [0.25, 0.3) is 0 Å². The van der Waals surface area contributed by atoms with E-state index < -0.39 is 0 Å². The minimum absolute atomic E-state index is 0.134. The van der Waals surface area contributed by atoms with Crippen molar-refractivity contribution in [2.75, 3.05) is 6.61 Å². The minimum atomic E-state index is 0.134. The van der Waals surface area contributed by atoms with Crippen LogP contribution in [0.1, 0.15) is 36.8 Å². The molecule has 0 radical (unpaired) electrons. The van der Waals surface area contributed by atoms with Gasteiger partial charge in [-0.15, -0.1) is 0 Å². The summed E-state index contributed by atoms with van der Waals surface area (Å²) < 4.78 is 0. The van der Waals surface area contributed by atoms with Crippen molar-refractivity contribution in [3.8, 4) is 0 Å². The number of fused-ring (bicyclic) bond motifs is 2. The minimum Gasteiger partial charge on any atom is -0.396 e. The predicted molar refractivity (Wildman–Crippen MR) is 82.8 cm³/mol. The Balaban J connectivity index is 1.54. The number of carbonyl (C=O) groups excluding carboxylic acids is 1. The fraction of sp³-hybridized carbons (Fsp3) is 0.611. The monoisotopic (exact) mass is 287 g/mol. The fourth-order valence-corrected chi connectivity index (χ4v) is 4.29. The molecule has 2 aliphatic rings. The van der Waals surface area contributed by atoms with Gasteiger partial charge in [-0.25, -0.2) is 0 Å². The molecule has 21 heavy (non-hydrogen) atoms. The maximum Gasteiger partial charge on any atom is 0.220 e. The lowest BCUT2D eigenvalue weighted by molar-refractivity contribution is -0.122. The molecule has 2 fully saturated rings. The van der Waals surface area contributed by atoms with Crippen molar-refractivity contribution in [1.29, 1.82) is 0 Å². The second-order valence-electron chi connectivity index (χ2n) is 6.70. The first-order valence-electron chi connectivity index (χ1n) is 8.13. The summed E-state index contributed by atoms with van der Waals surface area (Å²) in [4.78, 5) is 12.2. The van der Waals surface area contributed by atoms with E-state index in [4.69, 9.17) is 0 Å². The molecule has 1 amide bonds. The lowest BCUT2D eigenvalue weighted by atomic mass is 9.85. The van der Waals surface area contributed by atoms with Crippen LogP contribution < -0.4 is 5.32 Å². The van der Waals surface area contributed by atoms with E-state index in [9.17, 15) is 9.90 Å². The highest BCUT2D eigenvalue weighted by molar-refractivity contribution is 5.76. The highest BCUT2D eigenvalue weighted by atomic mass is 16.3. The van der Waals surface area contributed by atoms with E-state index in [2.05, 4.69) is 24.4 Å². The number of rotatable bonds is 5. The summed E-state index contributed by atoms with van der Waals surface area (Å²) in [7, 11) is 0. The number of hydrogen-bond donors (Lipinski definition) is 2. The lowest BCUT2D eigenvalue weighted by Gasteiger charge is -2.30. The quantitative estimate of drug-likeness (QED) is 0.874. The number of hydrogen-bond acceptors (Lipinski definition) is 2. The summed E-state index contributed by atoms with van der Waals surface area (Å²) in [6.07, 6.45) is 4.96. The van der Waals surface area contributed by atoms with Crippen LogP contribution in [-0.4, -0.2) is 23.7 Å². The molecule has 0 aromatic heterocycles. The Morgan fingerprint density at radius 3 is 2.81 bits per heavy atom. The third kappa shape index (κ3) is 2.98. The van der Waals surface area contributed by atoms with Gasteiger partial charge >= 0.3 is 0 Å². The molecule has 0 saturated heterocycles. The first-order valence-corrected chi connectivity index (χ1v) is 8.13. The van der Waals surface area contributed by atoms with Gasteiger partial charge in [0.2, 0.25) is 5.91 Å². The van der Waals surface area contributed by atoms with Crippen molar-refractivity contribution < 1.29 is 9.90 Å². The van der Waals surface area contributed by atoms with Crippen LogP contribution in [0.3, 0.4) is 0 Å². The van der Waals surface area contributed by atoms with Crippen LogP contribution in [0.5, 0.6) is 0 Å². The summed E-state index contributed by atoms with van der Waals surface area (Å²) in [5, 5.41) is 12.8. The fourth-order valence-electron chi connectivity index (χ4n) is 4.29. The van der Waals surface area contributed by atoms with Crippen molar-refractivity contribution >= 4 is 5.91 Å². The molecule has 2 bridgehead atoms. The molecule has 3 rings (SSSR count). The van der Waals surface area contributed by atoms with Crippen LogP contribution in [0.2, 0.25) is 0 Å². The molecule has 3 heteroatoms. The molecule has 0 aliphatic heterocycles. The van der Waals surface area contributed by atoms with Gasteiger partial charge in [0.25, 0.3) is 0 Å². The van der Waals surface area contributed by atoms with Crippen LogP contribution in [0, 0.1) is 24.7 Å². The van der Waals surface area contributed by atoms with Crippen LogP contribution >= 0.6 is 0 Å². The van der Waals surface area contributed by atoms with Gasteiger partial charge < -0.3 is 10.4 Å². The normalized spacial score (nSPS) is 30.6. The summed E-state index contributed by atoms with van der Waals surface area (Å²) in [5.74, 6) is 1.64. The molecule has 1 aromatic rings. The van der Waals surface area contributed by atoms with E-state index in [1.807, 2.05) is 12.1 Å². The van der Waals surface area contributed by atoms with Gasteiger partial charge in [-0.1, -0.05) is 24.3 Å². The molecule has 2 N–H and O–H groups in total. The molecule has 2 saturated carbocycles. The van der Waals surface area contributed by atoms with Gasteiger partial charge in [0.15, 0.2) is 0 Å². The Bertz CT molecular complexity index is 514. The summed E-state index contributed by atoms with van der Waals surface area (Å²) >= 11 is 0. The molecule has 114 valence electrons. The van der Waals surface area contributed by atoms with Gasteiger partial charge in [-0.3, -0.25) is 4.79 Å². The Morgan fingerprint density at radius 2 is 2.05 bits per heavy atom. The number of aliphatic hydroxyl groups is 1. The Kier molecular flexibility index (Phi) is 4.29. The highest BCUT2D eigenvalue weighted by Crippen LogP contribution is 2.48. The maximum atomic E-state index is 12.2. The molecule has 0 heterocycles. The topological polar surface area (TPSA) is 49.3 Å². The summed E-state index contributed by atoms with van der Waals surface area (Å²) in [6.45, 7) is 2.30. The zero-order chi connectivity index (χ0) is 14.8. The van der Waals surface area contributed by atoms with Crippen LogP contribution in [0.4, 0.5) is 0 Å². The molecular formula is C18H25NO2. The van der Waals surface area contributed by atoms with Crippen molar-refractivity contribution in [3.05, 3.63) is 35.4 Å². The number of benzene rings is 1. The van der Waals surface area contributed by atoms with Crippen molar-refractivity contribution in [1.82, 2.24) is 5.32 Å². The number of nitrogens with one attached hydrogen (secondary N) is 1. The van der Waals surface area contributed by atoms with Gasteiger partial charge in [-0.05, 0) is 55.6 Å². The summed E-state index contributed by atoms with van der Waals surface area (Å²) in [6, 6.07) is 8.44. The largest absolute Gasteiger partial charge is 0.396 e. The molecule has 2 aliphatic carbocycles. The Morgan fingerprint density at radius 1 is 1.29 bits per heavy atom. The van der Waals surface area contributed by atoms with E-state index in [0.717, 1.165) is 6.42 Å². The average Bonchev–Trinajstić information content (AvgIpc) is 3.07. The third-order valence-corrected chi connectivity index (χ3v) is 5.51.